The maximum absolute atomic E-state index is 12.5. The number of nitrogens with one attached hydrogen (secondary N) is 1. The van der Waals surface area contributed by atoms with Gasteiger partial charge in [-0.05, 0) is 67.3 Å². The first-order valence-corrected chi connectivity index (χ1v) is 11.4. The molecule has 11 heteroatoms. The number of fused-ring (bicyclic) bond motifs is 3. The number of rotatable bonds is 5. The highest BCUT2D eigenvalue weighted by Crippen LogP contribution is 2.40. The third-order valence-electron chi connectivity index (χ3n) is 6.12. The molecule has 1 fully saturated rings. The molecule has 1 atom stereocenters. The van der Waals surface area contributed by atoms with Crippen molar-refractivity contribution in [3.05, 3.63) is 53.6 Å². The number of ether oxygens (including phenoxy) is 2. The number of nitrogens with zero attached hydrogens (tertiary/aromatic N) is 2. The van der Waals surface area contributed by atoms with Gasteiger partial charge in [-0.2, -0.15) is 0 Å². The van der Waals surface area contributed by atoms with Gasteiger partial charge >= 0.3 is 12.5 Å². The Hall–Kier alpha value is -4.02. The monoisotopic (exact) mass is 501 g/mol. The van der Waals surface area contributed by atoms with Crippen molar-refractivity contribution in [3.63, 3.8) is 0 Å². The second kappa shape index (κ2) is 9.21. The zero-order chi connectivity index (χ0) is 25.4. The molecule has 1 aromatic heterocycles. The number of aromatic nitrogens is 1. The second-order valence-corrected chi connectivity index (χ2v) is 8.66. The maximum atomic E-state index is 12.5. The Bertz CT molecular complexity index is 1300. The summed E-state index contributed by atoms with van der Waals surface area (Å²) in [5.74, 6) is 0.105. The number of carbonyl (C=O) groups is 2. The highest BCUT2D eigenvalue weighted by Gasteiger charge is 2.34. The van der Waals surface area contributed by atoms with Crippen LogP contribution < -0.4 is 15.0 Å². The molecule has 1 saturated heterocycles. The lowest BCUT2D eigenvalue weighted by atomic mass is 10.00. The second-order valence-electron chi connectivity index (χ2n) is 8.66. The molecule has 1 aliphatic heterocycles. The molecule has 3 aromatic rings. The fourth-order valence-corrected chi connectivity index (χ4v) is 4.52. The predicted molar refractivity (Wildman–Crippen MR) is 122 cm³/mol. The molecular weight excluding hydrogens is 479 g/mol. The molecule has 1 N–H and O–H groups in total. The number of benzene rings is 2. The van der Waals surface area contributed by atoms with Gasteiger partial charge in [0, 0.05) is 29.3 Å². The molecule has 5 rings (SSSR count). The van der Waals surface area contributed by atoms with E-state index in [0.717, 1.165) is 29.5 Å². The number of aryl methyl sites for hydroxylation is 1. The lowest BCUT2D eigenvalue weighted by molar-refractivity contribution is -0.274. The van der Waals surface area contributed by atoms with E-state index in [9.17, 15) is 22.8 Å². The van der Waals surface area contributed by atoms with E-state index in [2.05, 4.69) is 15.2 Å². The molecule has 0 saturated carbocycles. The smallest absolute Gasteiger partial charge is 0.442 e. The minimum atomic E-state index is -4.76. The molecule has 1 aliphatic carbocycles. The van der Waals surface area contributed by atoms with E-state index in [1.54, 1.807) is 6.07 Å². The Kier molecular flexibility index (Phi) is 6.07. The molecule has 36 heavy (non-hydrogen) atoms. The SMILES string of the molecule is CC(=O)NC[C@H]1CN(c2ccc3c(c2)CCCc2c(-c4ccc(OC(F)(F)F)cc4)noc2-3)C(=O)O1. The quantitative estimate of drug-likeness (QED) is 0.537. The predicted octanol–water partition coefficient (Wildman–Crippen LogP) is 4.86. The molecular formula is C25H22F3N3O5. The number of hydrogen-bond acceptors (Lipinski definition) is 6. The topological polar surface area (TPSA) is 93.9 Å². The highest BCUT2D eigenvalue weighted by molar-refractivity contribution is 5.90. The van der Waals surface area contributed by atoms with Gasteiger partial charge in [-0.3, -0.25) is 9.69 Å². The number of carbonyl (C=O) groups excluding carboxylic acids is 2. The number of halogens is 3. The van der Waals surface area contributed by atoms with Gasteiger partial charge in [0.1, 0.15) is 17.5 Å². The summed E-state index contributed by atoms with van der Waals surface area (Å²) in [6.45, 7) is 1.97. The van der Waals surface area contributed by atoms with Gasteiger partial charge in [0.2, 0.25) is 5.91 Å². The van der Waals surface area contributed by atoms with E-state index in [-0.39, 0.29) is 18.2 Å². The zero-order valence-electron chi connectivity index (χ0n) is 19.2. The van der Waals surface area contributed by atoms with Crippen LogP contribution in [-0.2, 0) is 22.4 Å². The maximum Gasteiger partial charge on any atom is 0.573 e. The average molecular weight is 501 g/mol. The van der Waals surface area contributed by atoms with Gasteiger partial charge in [-0.15, -0.1) is 13.2 Å². The first-order chi connectivity index (χ1) is 17.2. The molecule has 2 heterocycles. The van der Waals surface area contributed by atoms with Crippen LogP contribution in [-0.4, -0.2) is 42.7 Å². The molecule has 2 aliphatic rings. The molecule has 2 aromatic carbocycles. The van der Waals surface area contributed by atoms with E-state index in [1.165, 1.54) is 36.1 Å². The number of amides is 2. The zero-order valence-corrected chi connectivity index (χ0v) is 19.2. The van der Waals surface area contributed by atoms with Gasteiger partial charge in [-0.25, -0.2) is 4.79 Å². The number of alkyl halides is 3. The summed E-state index contributed by atoms with van der Waals surface area (Å²) in [6, 6.07) is 11.1. The summed E-state index contributed by atoms with van der Waals surface area (Å²) >= 11 is 0. The van der Waals surface area contributed by atoms with Crippen molar-refractivity contribution >= 4 is 17.7 Å². The minimum Gasteiger partial charge on any atom is -0.442 e. The van der Waals surface area contributed by atoms with Gasteiger partial charge in [-0.1, -0.05) is 5.16 Å². The molecule has 2 amide bonds. The standard InChI is InChI=1S/C25H22F3N3O5/c1-14(32)29-12-19-13-31(24(33)34-19)17-7-10-20-16(11-17)3-2-4-21-22(30-36-23(20)21)15-5-8-18(9-6-15)35-25(26,27)28/h5-11,19H,2-4,12-13H2,1H3,(H,29,32)/t19-/m0/s1. The molecule has 0 radical (unpaired) electrons. The van der Waals surface area contributed by atoms with Crippen molar-refractivity contribution < 1.29 is 36.8 Å². The van der Waals surface area contributed by atoms with E-state index < -0.39 is 18.6 Å². The van der Waals surface area contributed by atoms with Crippen molar-refractivity contribution in [2.75, 3.05) is 18.0 Å². The Morgan fingerprint density at radius 2 is 1.97 bits per heavy atom. The lowest BCUT2D eigenvalue weighted by Crippen LogP contribution is -2.33. The van der Waals surface area contributed by atoms with Crippen LogP contribution in [0.4, 0.5) is 23.7 Å². The van der Waals surface area contributed by atoms with Crippen LogP contribution >= 0.6 is 0 Å². The Morgan fingerprint density at radius 1 is 1.19 bits per heavy atom. The van der Waals surface area contributed by atoms with Crippen LogP contribution in [0.2, 0.25) is 0 Å². The Labute approximate surface area is 204 Å². The first kappa shape index (κ1) is 23.7. The van der Waals surface area contributed by atoms with Crippen molar-refractivity contribution in [1.29, 1.82) is 0 Å². The number of anilines is 1. The molecule has 188 valence electrons. The summed E-state index contributed by atoms with van der Waals surface area (Å²) < 4.78 is 52.4. The summed E-state index contributed by atoms with van der Waals surface area (Å²) in [5.41, 5.74) is 4.60. The third-order valence-corrected chi connectivity index (χ3v) is 6.12. The van der Waals surface area contributed by atoms with E-state index in [4.69, 9.17) is 9.26 Å². The van der Waals surface area contributed by atoms with Crippen molar-refractivity contribution in [2.45, 2.75) is 38.7 Å². The summed E-state index contributed by atoms with van der Waals surface area (Å²) in [6.07, 6.45) is -3.46. The van der Waals surface area contributed by atoms with Crippen LogP contribution in [0, 0.1) is 0 Å². The van der Waals surface area contributed by atoms with E-state index >= 15 is 0 Å². The van der Waals surface area contributed by atoms with Crippen molar-refractivity contribution in [1.82, 2.24) is 10.5 Å². The fourth-order valence-electron chi connectivity index (χ4n) is 4.52. The molecule has 0 unspecified atom stereocenters. The normalized spacial score (nSPS) is 17.2. The Balaban J connectivity index is 1.39. The van der Waals surface area contributed by atoms with Crippen LogP contribution in [0.15, 0.2) is 47.0 Å². The Morgan fingerprint density at radius 3 is 2.69 bits per heavy atom. The molecule has 0 spiro atoms. The fraction of sp³-hybridized carbons (Fsp3) is 0.320. The highest BCUT2D eigenvalue weighted by atomic mass is 19.4. The van der Waals surface area contributed by atoms with Crippen LogP contribution in [0.1, 0.15) is 24.5 Å². The summed E-state index contributed by atoms with van der Waals surface area (Å²) in [4.78, 5) is 25.1. The minimum absolute atomic E-state index is 0.192. The first-order valence-electron chi connectivity index (χ1n) is 11.4. The summed E-state index contributed by atoms with van der Waals surface area (Å²) in [7, 11) is 0. The van der Waals surface area contributed by atoms with E-state index in [1.807, 2.05) is 12.1 Å². The van der Waals surface area contributed by atoms with Gasteiger partial charge in [0.15, 0.2) is 5.76 Å². The van der Waals surface area contributed by atoms with Gasteiger partial charge in [0.25, 0.3) is 0 Å². The van der Waals surface area contributed by atoms with Crippen molar-refractivity contribution in [3.8, 4) is 28.3 Å². The van der Waals surface area contributed by atoms with E-state index in [0.29, 0.717) is 35.7 Å². The van der Waals surface area contributed by atoms with Crippen molar-refractivity contribution in [2.24, 2.45) is 0 Å². The summed E-state index contributed by atoms with van der Waals surface area (Å²) in [5, 5.41) is 6.87. The molecule has 0 bridgehead atoms. The third kappa shape index (κ3) is 4.86. The average Bonchev–Trinajstić information content (AvgIpc) is 3.35. The lowest BCUT2D eigenvalue weighted by Gasteiger charge is -2.15. The van der Waals surface area contributed by atoms with Gasteiger partial charge < -0.3 is 19.3 Å². The van der Waals surface area contributed by atoms with Crippen LogP contribution in [0.3, 0.4) is 0 Å². The molecule has 8 nitrogen and oxygen atoms in total. The number of hydrogen-bond donors (Lipinski definition) is 1. The van der Waals surface area contributed by atoms with Gasteiger partial charge in [0.05, 0.1) is 13.1 Å². The van der Waals surface area contributed by atoms with Crippen LogP contribution in [0.5, 0.6) is 5.75 Å². The largest absolute Gasteiger partial charge is 0.573 e. The number of cyclic esters (lactones) is 1. The van der Waals surface area contributed by atoms with Crippen LogP contribution in [0.25, 0.3) is 22.6 Å².